The van der Waals surface area contributed by atoms with E-state index in [2.05, 4.69) is 10.6 Å². The molecule has 0 bridgehead atoms. The van der Waals surface area contributed by atoms with Crippen LogP contribution in [0.15, 0.2) is 0 Å². The SMILES string of the molecule is CC(CNC(=O)OC(C)(C)C)NCCSC(F)(F)F. The van der Waals surface area contributed by atoms with Crippen molar-refractivity contribution in [1.29, 1.82) is 0 Å². The first-order valence-electron chi connectivity index (χ1n) is 5.90. The summed E-state index contributed by atoms with van der Waals surface area (Å²) in [7, 11) is 0. The fourth-order valence-electron chi connectivity index (χ4n) is 1.09. The van der Waals surface area contributed by atoms with Gasteiger partial charge in [-0.1, -0.05) is 0 Å². The number of rotatable bonds is 6. The third kappa shape index (κ3) is 13.6. The van der Waals surface area contributed by atoms with Crippen molar-refractivity contribution in [3.8, 4) is 0 Å². The minimum atomic E-state index is -4.19. The summed E-state index contributed by atoms with van der Waals surface area (Å²) < 4.78 is 40.6. The van der Waals surface area contributed by atoms with Crippen LogP contribution in [0, 0.1) is 0 Å². The van der Waals surface area contributed by atoms with Crippen molar-refractivity contribution in [3.05, 3.63) is 0 Å². The number of hydrogen-bond acceptors (Lipinski definition) is 4. The Morgan fingerprint density at radius 2 is 1.89 bits per heavy atom. The molecule has 114 valence electrons. The Hall–Kier alpha value is -0.630. The van der Waals surface area contributed by atoms with Crippen LogP contribution in [-0.2, 0) is 4.74 Å². The molecule has 0 spiro atoms. The van der Waals surface area contributed by atoms with Gasteiger partial charge in [0.05, 0.1) is 0 Å². The molecule has 0 heterocycles. The van der Waals surface area contributed by atoms with Crippen LogP contribution in [0.1, 0.15) is 27.7 Å². The zero-order valence-electron chi connectivity index (χ0n) is 11.6. The summed E-state index contributed by atoms with van der Waals surface area (Å²) in [5, 5.41) is 5.43. The molecule has 0 aromatic heterocycles. The van der Waals surface area contributed by atoms with Crippen molar-refractivity contribution in [1.82, 2.24) is 10.6 Å². The number of thioether (sulfide) groups is 1. The molecule has 0 saturated heterocycles. The van der Waals surface area contributed by atoms with Gasteiger partial charge in [0.2, 0.25) is 0 Å². The van der Waals surface area contributed by atoms with E-state index in [1.54, 1.807) is 27.7 Å². The van der Waals surface area contributed by atoms with Crippen LogP contribution in [0.4, 0.5) is 18.0 Å². The van der Waals surface area contributed by atoms with E-state index in [0.29, 0.717) is 6.54 Å². The smallest absolute Gasteiger partial charge is 0.441 e. The lowest BCUT2D eigenvalue weighted by Gasteiger charge is -2.21. The Kier molecular flexibility index (Phi) is 7.58. The van der Waals surface area contributed by atoms with Gasteiger partial charge in [0, 0.05) is 24.9 Å². The summed E-state index contributed by atoms with van der Waals surface area (Å²) in [5.74, 6) is -0.0553. The van der Waals surface area contributed by atoms with Crippen molar-refractivity contribution in [2.45, 2.75) is 44.8 Å². The third-order valence-corrected chi connectivity index (χ3v) is 2.55. The molecule has 0 aliphatic rings. The normalized spacial score (nSPS) is 14.1. The van der Waals surface area contributed by atoms with E-state index >= 15 is 0 Å². The maximum absolute atomic E-state index is 11.9. The summed E-state index contributed by atoms with van der Waals surface area (Å²) in [6.45, 7) is 7.55. The van der Waals surface area contributed by atoms with E-state index in [-0.39, 0.29) is 30.1 Å². The van der Waals surface area contributed by atoms with E-state index in [4.69, 9.17) is 4.74 Å². The molecule has 0 fully saturated rings. The van der Waals surface area contributed by atoms with Gasteiger partial charge in [0.15, 0.2) is 0 Å². The quantitative estimate of drug-likeness (QED) is 0.741. The monoisotopic (exact) mass is 302 g/mol. The fraction of sp³-hybridized carbons (Fsp3) is 0.909. The molecular formula is C11H21F3N2O2S. The van der Waals surface area contributed by atoms with E-state index in [1.807, 2.05) is 0 Å². The standard InChI is InChI=1S/C11H21F3N2O2S/c1-8(15-5-6-19-11(12,13)14)7-16-9(17)18-10(2,3)4/h8,15H,5-7H2,1-4H3,(H,16,17). The highest BCUT2D eigenvalue weighted by Gasteiger charge is 2.27. The molecule has 0 radical (unpaired) electrons. The van der Waals surface area contributed by atoms with Gasteiger partial charge in [-0.05, 0) is 39.5 Å². The van der Waals surface area contributed by atoms with Crippen molar-refractivity contribution >= 4 is 17.9 Å². The van der Waals surface area contributed by atoms with Gasteiger partial charge < -0.3 is 15.4 Å². The molecule has 1 atom stereocenters. The van der Waals surface area contributed by atoms with Gasteiger partial charge in [-0.15, -0.1) is 0 Å². The summed E-state index contributed by atoms with van der Waals surface area (Å²) in [6.07, 6.45) is -0.536. The number of ether oxygens (including phenoxy) is 1. The van der Waals surface area contributed by atoms with Crippen LogP contribution in [0.5, 0.6) is 0 Å². The fourth-order valence-corrected chi connectivity index (χ4v) is 1.55. The Bertz CT molecular complexity index is 280. The molecule has 0 saturated carbocycles. The minimum absolute atomic E-state index is 0.0553. The first-order valence-corrected chi connectivity index (χ1v) is 6.89. The van der Waals surface area contributed by atoms with E-state index < -0.39 is 17.2 Å². The maximum Gasteiger partial charge on any atom is 0.441 e. The largest absolute Gasteiger partial charge is 0.444 e. The predicted octanol–water partition coefficient (Wildman–Crippen LogP) is 2.74. The number of nitrogens with one attached hydrogen (secondary N) is 2. The Morgan fingerprint density at radius 3 is 2.37 bits per heavy atom. The summed E-state index contributed by atoms with van der Waals surface area (Å²) >= 11 is -0.0667. The number of hydrogen-bond donors (Lipinski definition) is 2. The van der Waals surface area contributed by atoms with Crippen LogP contribution in [0.2, 0.25) is 0 Å². The first kappa shape index (κ1) is 18.4. The van der Waals surface area contributed by atoms with Crippen molar-refractivity contribution < 1.29 is 22.7 Å². The summed E-state index contributed by atoms with van der Waals surface area (Å²) in [4.78, 5) is 11.3. The molecule has 0 aliphatic heterocycles. The van der Waals surface area contributed by atoms with Gasteiger partial charge in [0.25, 0.3) is 0 Å². The molecule has 8 heteroatoms. The highest BCUT2D eigenvalue weighted by atomic mass is 32.2. The van der Waals surface area contributed by atoms with Crippen LogP contribution in [0.3, 0.4) is 0 Å². The Labute approximate surface area is 115 Å². The molecule has 0 aromatic rings. The second-order valence-corrected chi connectivity index (χ2v) is 6.19. The predicted molar refractivity (Wildman–Crippen MR) is 70.2 cm³/mol. The zero-order valence-corrected chi connectivity index (χ0v) is 12.4. The molecule has 2 N–H and O–H groups in total. The summed E-state index contributed by atoms with van der Waals surface area (Å²) in [6, 6.07) is -0.124. The molecular weight excluding hydrogens is 281 g/mol. The lowest BCUT2D eigenvalue weighted by molar-refractivity contribution is -0.0327. The third-order valence-electron chi connectivity index (χ3n) is 1.81. The number of carbonyl (C=O) groups is 1. The highest BCUT2D eigenvalue weighted by Crippen LogP contribution is 2.29. The topological polar surface area (TPSA) is 50.4 Å². The lowest BCUT2D eigenvalue weighted by atomic mass is 10.2. The van der Waals surface area contributed by atoms with E-state index in [0.717, 1.165) is 0 Å². The van der Waals surface area contributed by atoms with Crippen LogP contribution in [-0.4, -0.2) is 42.1 Å². The minimum Gasteiger partial charge on any atom is -0.444 e. The number of halogens is 3. The molecule has 0 rings (SSSR count). The first-order chi connectivity index (χ1) is 8.49. The molecule has 1 amide bonds. The maximum atomic E-state index is 11.9. The molecule has 0 aliphatic carbocycles. The number of alkyl carbamates (subject to hydrolysis) is 1. The molecule has 19 heavy (non-hydrogen) atoms. The van der Waals surface area contributed by atoms with Crippen LogP contribution in [0.25, 0.3) is 0 Å². The number of carbonyl (C=O) groups excluding carboxylic acids is 1. The van der Waals surface area contributed by atoms with Crippen molar-refractivity contribution in [2.24, 2.45) is 0 Å². The zero-order chi connectivity index (χ0) is 15.1. The van der Waals surface area contributed by atoms with Crippen LogP contribution >= 0.6 is 11.8 Å². The second-order valence-electron chi connectivity index (χ2n) is 5.03. The van der Waals surface area contributed by atoms with Crippen LogP contribution < -0.4 is 10.6 Å². The van der Waals surface area contributed by atoms with Gasteiger partial charge in [-0.3, -0.25) is 0 Å². The number of amides is 1. The molecule has 1 unspecified atom stereocenters. The average Bonchev–Trinajstić information content (AvgIpc) is 2.17. The average molecular weight is 302 g/mol. The van der Waals surface area contributed by atoms with Gasteiger partial charge in [-0.25, -0.2) is 4.79 Å². The van der Waals surface area contributed by atoms with Gasteiger partial charge in [0.1, 0.15) is 5.60 Å². The van der Waals surface area contributed by atoms with Crippen molar-refractivity contribution in [2.75, 3.05) is 18.8 Å². The Balaban J connectivity index is 3.65. The van der Waals surface area contributed by atoms with E-state index in [1.165, 1.54) is 0 Å². The lowest BCUT2D eigenvalue weighted by Crippen LogP contribution is -2.41. The second kappa shape index (κ2) is 7.84. The van der Waals surface area contributed by atoms with Gasteiger partial charge >= 0.3 is 11.6 Å². The van der Waals surface area contributed by atoms with Gasteiger partial charge in [-0.2, -0.15) is 13.2 Å². The highest BCUT2D eigenvalue weighted by molar-refractivity contribution is 8.00. The van der Waals surface area contributed by atoms with E-state index in [9.17, 15) is 18.0 Å². The van der Waals surface area contributed by atoms with Crippen molar-refractivity contribution in [3.63, 3.8) is 0 Å². The summed E-state index contributed by atoms with van der Waals surface area (Å²) in [5.41, 5.74) is -4.76. The molecule has 0 aromatic carbocycles. The number of alkyl halides is 3. The molecule has 4 nitrogen and oxygen atoms in total. The Morgan fingerprint density at radius 1 is 1.32 bits per heavy atom.